The van der Waals surface area contributed by atoms with E-state index in [0.29, 0.717) is 0 Å². The molecule has 5 aliphatic rings. The lowest BCUT2D eigenvalue weighted by atomic mass is 9.59. The van der Waals surface area contributed by atoms with Crippen LogP contribution in [0.3, 0.4) is 0 Å². The summed E-state index contributed by atoms with van der Waals surface area (Å²) in [4.78, 5) is 0. The smallest absolute Gasteiger partial charge is 0.0380 e. The number of hydrogen-bond acceptors (Lipinski definition) is 0. The minimum atomic E-state index is 1.13. The lowest BCUT2D eigenvalue weighted by Gasteiger charge is -2.47. The van der Waals surface area contributed by atoms with Gasteiger partial charge in [-0.3, -0.25) is 0 Å². The molecular weight excluding hydrogens is 288 g/mol. The fraction of sp³-hybridized carbons (Fsp3) is 1.00. The highest BCUT2D eigenvalue weighted by atomic mass is 14.5. The van der Waals surface area contributed by atoms with Gasteiger partial charge >= 0.3 is 0 Å². The summed E-state index contributed by atoms with van der Waals surface area (Å²) in [6, 6.07) is 0. The van der Waals surface area contributed by atoms with Crippen molar-refractivity contribution in [1.82, 2.24) is 0 Å². The molecule has 5 saturated carbocycles. The van der Waals surface area contributed by atoms with Gasteiger partial charge in [-0.15, -0.1) is 0 Å². The van der Waals surface area contributed by atoms with Crippen molar-refractivity contribution < 1.29 is 0 Å². The van der Waals surface area contributed by atoms with Gasteiger partial charge in [-0.2, -0.15) is 0 Å². The van der Waals surface area contributed by atoms with E-state index in [4.69, 9.17) is 0 Å². The van der Waals surface area contributed by atoms with E-state index in [2.05, 4.69) is 0 Å². The summed E-state index contributed by atoms with van der Waals surface area (Å²) in [6.45, 7) is 0. The standard InChI is InChI=1S/C24H40/c1-2-5-17(4-1)19-8-10-20(11-9-19)21-12-13-22(14-21)24-15-23(16-24)18-6-3-7-18/h17-24H,1-16H2. The molecule has 5 rings (SSSR count). The van der Waals surface area contributed by atoms with E-state index in [1.807, 2.05) is 0 Å². The molecule has 0 aromatic heterocycles. The van der Waals surface area contributed by atoms with Crippen LogP contribution in [0.4, 0.5) is 0 Å². The Morgan fingerprint density at radius 1 is 0.250 bits per heavy atom. The zero-order valence-corrected chi connectivity index (χ0v) is 15.9. The Labute approximate surface area is 150 Å². The van der Waals surface area contributed by atoms with Crippen molar-refractivity contribution in [2.75, 3.05) is 0 Å². The maximum atomic E-state index is 1.64. The van der Waals surface area contributed by atoms with Crippen LogP contribution in [0.2, 0.25) is 0 Å². The zero-order valence-electron chi connectivity index (χ0n) is 15.9. The summed E-state index contributed by atoms with van der Waals surface area (Å²) >= 11 is 0. The molecule has 0 aromatic rings. The summed E-state index contributed by atoms with van der Waals surface area (Å²) in [6.07, 6.45) is 25.5. The van der Waals surface area contributed by atoms with Gasteiger partial charge in [-0.1, -0.05) is 44.9 Å². The van der Waals surface area contributed by atoms with Crippen LogP contribution in [0.15, 0.2) is 0 Å². The second-order valence-corrected chi connectivity index (χ2v) is 10.7. The van der Waals surface area contributed by atoms with E-state index in [1.54, 1.807) is 89.9 Å². The lowest BCUT2D eigenvalue weighted by molar-refractivity contribution is 0.0394. The quantitative estimate of drug-likeness (QED) is 0.511. The summed E-state index contributed by atoms with van der Waals surface area (Å²) in [5.41, 5.74) is 0. The van der Waals surface area contributed by atoms with Crippen LogP contribution in [0.5, 0.6) is 0 Å². The van der Waals surface area contributed by atoms with E-state index in [9.17, 15) is 0 Å². The van der Waals surface area contributed by atoms with Crippen molar-refractivity contribution in [3.8, 4) is 0 Å². The van der Waals surface area contributed by atoms with Gasteiger partial charge in [0, 0.05) is 0 Å². The maximum Gasteiger partial charge on any atom is -0.0380 e. The number of hydrogen-bond donors (Lipinski definition) is 0. The average molecular weight is 329 g/mol. The second-order valence-electron chi connectivity index (χ2n) is 10.7. The molecule has 0 bridgehead atoms. The van der Waals surface area contributed by atoms with E-state index < -0.39 is 0 Å². The molecule has 5 fully saturated rings. The Morgan fingerprint density at radius 2 is 0.583 bits per heavy atom. The van der Waals surface area contributed by atoms with Crippen LogP contribution >= 0.6 is 0 Å². The molecule has 0 radical (unpaired) electrons. The molecule has 5 aliphatic carbocycles. The lowest BCUT2D eigenvalue weighted by Crippen LogP contribution is -2.36. The minimum Gasteiger partial charge on any atom is -0.0530 e. The third-order valence-corrected chi connectivity index (χ3v) is 9.76. The van der Waals surface area contributed by atoms with Crippen molar-refractivity contribution in [3.63, 3.8) is 0 Å². The van der Waals surface area contributed by atoms with Crippen molar-refractivity contribution in [1.29, 1.82) is 0 Å². The molecular formula is C24H40. The summed E-state index contributed by atoms with van der Waals surface area (Å²) in [7, 11) is 0. The van der Waals surface area contributed by atoms with Gasteiger partial charge in [0.1, 0.15) is 0 Å². The first-order valence-electron chi connectivity index (χ1n) is 11.9. The van der Waals surface area contributed by atoms with Crippen molar-refractivity contribution in [2.24, 2.45) is 47.3 Å². The SMILES string of the molecule is C1CCC(C2CCC(C3CCC(C4CC(C5CCC5)C4)C3)CC2)C1. The Balaban J connectivity index is 1.06. The molecule has 24 heavy (non-hydrogen) atoms. The molecule has 2 unspecified atom stereocenters. The average Bonchev–Trinajstić information content (AvgIpc) is 3.20. The highest BCUT2D eigenvalue weighted by Crippen LogP contribution is 2.55. The van der Waals surface area contributed by atoms with Crippen LogP contribution in [-0.2, 0) is 0 Å². The Hall–Kier alpha value is 0. The van der Waals surface area contributed by atoms with E-state index >= 15 is 0 Å². The van der Waals surface area contributed by atoms with Gasteiger partial charge in [0.2, 0.25) is 0 Å². The van der Waals surface area contributed by atoms with Crippen LogP contribution in [0.1, 0.15) is 103 Å². The van der Waals surface area contributed by atoms with Crippen LogP contribution in [0.25, 0.3) is 0 Å². The summed E-state index contributed by atoms with van der Waals surface area (Å²) in [5.74, 6) is 9.21. The van der Waals surface area contributed by atoms with Crippen LogP contribution in [0, 0.1) is 47.3 Å². The molecule has 0 amide bonds. The van der Waals surface area contributed by atoms with Gasteiger partial charge in [0.25, 0.3) is 0 Å². The third kappa shape index (κ3) is 3.09. The molecule has 0 saturated heterocycles. The zero-order chi connectivity index (χ0) is 15.9. The fourth-order valence-corrected chi connectivity index (χ4v) is 7.82. The monoisotopic (exact) mass is 328 g/mol. The van der Waals surface area contributed by atoms with Gasteiger partial charge in [-0.05, 0) is 105 Å². The van der Waals surface area contributed by atoms with Crippen molar-refractivity contribution >= 4 is 0 Å². The largest absolute Gasteiger partial charge is 0.0530 e. The molecule has 136 valence electrons. The summed E-state index contributed by atoms with van der Waals surface area (Å²) < 4.78 is 0. The molecule has 0 aliphatic heterocycles. The Morgan fingerprint density at radius 3 is 1.17 bits per heavy atom. The predicted molar refractivity (Wildman–Crippen MR) is 102 cm³/mol. The molecule has 0 N–H and O–H groups in total. The van der Waals surface area contributed by atoms with Crippen molar-refractivity contribution in [2.45, 2.75) is 103 Å². The minimum absolute atomic E-state index is 1.13. The highest BCUT2D eigenvalue weighted by molar-refractivity contribution is 4.94. The molecule has 0 spiro atoms. The van der Waals surface area contributed by atoms with Gasteiger partial charge in [0.15, 0.2) is 0 Å². The van der Waals surface area contributed by atoms with Crippen LogP contribution in [-0.4, -0.2) is 0 Å². The first-order chi connectivity index (χ1) is 11.9. The van der Waals surface area contributed by atoms with Crippen molar-refractivity contribution in [3.05, 3.63) is 0 Å². The predicted octanol–water partition coefficient (Wildman–Crippen LogP) is 7.23. The van der Waals surface area contributed by atoms with Gasteiger partial charge in [0.05, 0.1) is 0 Å². The topological polar surface area (TPSA) is 0 Å². The normalized spacial score (nSPS) is 47.5. The second kappa shape index (κ2) is 6.96. The third-order valence-electron chi connectivity index (χ3n) is 9.76. The Bertz CT molecular complexity index is 402. The van der Waals surface area contributed by atoms with Gasteiger partial charge < -0.3 is 0 Å². The molecule has 0 heteroatoms. The molecule has 0 nitrogen and oxygen atoms in total. The van der Waals surface area contributed by atoms with E-state index in [0.717, 1.165) is 35.5 Å². The molecule has 2 atom stereocenters. The molecule has 0 aromatic carbocycles. The molecule has 0 heterocycles. The number of rotatable bonds is 4. The first kappa shape index (κ1) is 16.2. The van der Waals surface area contributed by atoms with Crippen LogP contribution < -0.4 is 0 Å². The Kier molecular flexibility index (Phi) is 4.69. The fourth-order valence-electron chi connectivity index (χ4n) is 7.82. The maximum absolute atomic E-state index is 1.64. The van der Waals surface area contributed by atoms with E-state index in [1.165, 1.54) is 24.7 Å². The first-order valence-corrected chi connectivity index (χ1v) is 11.9. The highest BCUT2D eigenvalue weighted by Gasteiger charge is 2.44. The van der Waals surface area contributed by atoms with E-state index in [-0.39, 0.29) is 0 Å². The summed E-state index contributed by atoms with van der Waals surface area (Å²) in [5, 5.41) is 0. The van der Waals surface area contributed by atoms with Gasteiger partial charge in [-0.25, -0.2) is 0 Å².